The van der Waals surface area contributed by atoms with Crippen LogP contribution >= 0.6 is 0 Å². The molecule has 0 radical (unpaired) electrons. The van der Waals surface area contributed by atoms with Gasteiger partial charge in [0.25, 0.3) is 11.4 Å². The molecule has 0 unspecified atom stereocenters. The monoisotopic (exact) mass is 494 g/mol. The molecule has 0 aliphatic carbocycles. The summed E-state index contributed by atoms with van der Waals surface area (Å²) in [5.74, 6) is 0.394. The number of fused-ring (bicyclic) bond motifs is 1. The number of carbonyl (C=O) groups is 1. The highest BCUT2D eigenvalue weighted by Gasteiger charge is 2.29. The number of nitrogens with one attached hydrogen (secondary N) is 1. The van der Waals surface area contributed by atoms with Gasteiger partial charge in [0.1, 0.15) is 22.6 Å². The Morgan fingerprint density at radius 2 is 1.94 bits per heavy atom. The number of aromatic nitrogens is 5. The molecule has 1 aliphatic heterocycles. The molecule has 11 heteroatoms. The van der Waals surface area contributed by atoms with Gasteiger partial charge in [-0.1, -0.05) is 17.3 Å². The highest BCUT2D eigenvalue weighted by molar-refractivity contribution is 5.71. The highest BCUT2D eigenvalue weighted by Crippen LogP contribution is 2.30. The number of aromatic amines is 1. The van der Waals surface area contributed by atoms with Crippen molar-refractivity contribution >= 4 is 11.7 Å². The molecule has 0 spiro atoms. The largest absolute Gasteiger partial charge is 0.444 e. The van der Waals surface area contributed by atoms with Crippen molar-refractivity contribution < 1.29 is 18.4 Å². The Morgan fingerprint density at radius 3 is 2.64 bits per heavy atom. The maximum atomic E-state index is 13.2. The summed E-state index contributed by atoms with van der Waals surface area (Å²) in [6.45, 7) is 6.58. The van der Waals surface area contributed by atoms with E-state index in [4.69, 9.17) is 9.26 Å². The number of H-pyrrole nitrogens is 1. The third kappa shape index (κ3) is 5.00. The van der Waals surface area contributed by atoms with Crippen LogP contribution in [-0.2, 0) is 11.2 Å². The van der Waals surface area contributed by atoms with Gasteiger partial charge in [0.2, 0.25) is 0 Å². The smallest absolute Gasteiger partial charge is 0.410 e. The van der Waals surface area contributed by atoms with E-state index in [2.05, 4.69) is 20.2 Å². The number of hydrogen-bond acceptors (Lipinski definition) is 7. The number of ether oxygens (including phenoxy) is 1. The second kappa shape index (κ2) is 9.21. The van der Waals surface area contributed by atoms with E-state index in [0.717, 1.165) is 11.3 Å². The van der Waals surface area contributed by atoms with E-state index >= 15 is 0 Å². The number of amides is 1. The van der Waals surface area contributed by atoms with Crippen molar-refractivity contribution in [2.75, 3.05) is 13.1 Å². The molecule has 1 saturated heterocycles. The van der Waals surface area contributed by atoms with Crippen LogP contribution in [0.15, 0.2) is 45.8 Å². The summed E-state index contributed by atoms with van der Waals surface area (Å²) in [6.07, 6.45) is 2.98. The number of halogens is 1. The van der Waals surface area contributed by atoms with E-state index < -0.39 is 5.60 Å². The molecule has 4 heterocycles. The molecule has 10 nitrogen and oxygen atoms in total. The van der Waals surface area contributed by atoms with E-state index in [-0.39, 0.29) is 29.3 Å². The van der Waals surface area contributed by atoms with Crippen molar-refractivity contribution in [3.05, 3.63) is 69.8 Å². The zero-order valence-corrected chi connectivity index (χ0v) is 20.3. The molecule has 1 aliphatic rings. The van der Waals surface area contributed by atoms with Crippen molar-refractivity contribution in [2.24, 2.45) is 0 Å². The van der Waals surface area contributed by atoms with Gasteiger partial charge in [-0.3, -0.25) is 4.79 Å². The molecular weight excluding hydrogens is 467 g/mol. The van der Waals surface area contributed by atoms with Crippen LogP contribution in [0.2, 0.25) is 0 Å². The molecular formula is C25H27FN6O4. The van der Waals surface area contributed by atoms with Crippen LogP contribution < -0.4 is 5.56 Å². The van der Waals surface area contributed by atoms with E-state index in [1.807, 2.05) is 20.8 Å². The Labute approximate surface area is 206 Å². The van der Waals surface area contributed by atoms with Crippen molar-refractivity contribution in [3.63, 3.8) is 0 Å². The molecule has 36 heavy (non-hydrogen) atoms. The average molecular weight is 495 g/mol. The molecule has 0 bridgehead atoms. The molecule has 1 N–H and O–H groups in total. The van der Waals surface area contributed by atoms with Crippen LogP contribution in [-0.4, -0.2) is 54.4 Å². The van der Waals surface area contributed by atoms with Crippen LogP contribution in [0.3, 0.4) is 0 Å². The first-order valence-electron chi connectivity index (χ1n) is 11.8. The lowest BCUT2D eigenvalue weighted by Gasteiger charge is -2.33. The van der Waals surface area contributed by atoms with E-state index in [0.29, 0.717) is 49.4 Å². The minimum atomic E-state index is -0.550. The second-order valence-corrected chi connectivity index (χ2v) is 9.94. The Bertz CT molecular complexity index is 1440. The molecule has 0 saturated carbocycles. The Kier molecular flexibility index (Phi) is 6.07. The number of likely N-dealkylation sites (tertiary alicyclic amines) is 1. The Balaban J connectivity index is 1.36. The van der Waals surface area contributed by atoms with Gasteiger partial charge in [0, 0.05) is 31.5 Å². The van der Waals surface area contributed by atoms with Crippen LogP contribution in [0.4, 0.5) is 9.18 Å². The molecule has 1 aromatic carbocycles. The number of hydrogen-bond donors (Lipinski definition) is 1. The third-order valence-electron chi connectivity index (χ3n) is 6.07. The zero-order valence-electron chi connectivity index (χ0n) is 20.3. The van der Waals surface area contributed by atoms with E-state index in [1.54, 1.807) is 33.8 Å². The van der Waals surface area contributed by atoms with Gasteiger partial charge in [0.15, 0.2) is 5.82 Å². The number of rotatable bonds is 4. The molecule has 1 amide bonds. The van der Waals surface area contributed by atoms with Gasteiger partial charge in [-0.25, -0.2) is 13.7 Å². The van der Waals surface area contributed by atoms with Gasteiger partial charge in [0.05, 0.1) is 11.9 Å². The van der Waals surface area contributed by atoms with Crippen LogP contribution in [0.25, 0.3) is 17.1 Å². The fraction of sp³-hybridized carbons (Fsp3) is 0.400. The molecule has 5 rings (SSSR count). The van der Waals surface area contributed by atoms with Crippen LogP contribution in [0.1, 0.15) is 56.6 Å². The summed E-state index contributed by atoms with van der Waals surface area (Å²) in [5.41, 5.74) is 1.76. The highest BCUT2D eigenvalue weighted by atomic mass is 19.1. The number of benzene rings is 1. The fourth-order valence-electron chi connectivity index (χ4n) is 4.36. The van der Waals surface area contributed by atoms with Crippen molar-refractivity contribution in [2.45, 2.75) is 51.6 Å². The first kappa shape index (κ1) is 23.7. The van der Waals surface area contributed by atoms with E-state index in [1.165, 1.54) is 12.1 Å². The van der Waals surface area contributed by atoms with Gasteiger partial charge in [-0.2, -0.15) is 10.1 Å². The molecule has 1 fully saturated rings. The number of nitrogens with zero attached hydrogens (tertiary/aromatic N) is 5. The SMILES string of the molecule is CC(C)(C)OC(=O)N1CCC(c2cc(=O)[nH]c3c(-c4nc(Cc5ccc(F)cc5)no4)cnn23)CC1. The fourth-order valence-corrected chi connectivity index (χ4v) is 4.36. The number of piperidine rings is 1. The molecule has 188 valence electrons. The lowest BCUT2D eigenvalue weighted by Crippen LogP contribution is -2.41. The summed E-state index contributed by atoms with van der Waals surface area (Å²) in [4.78, 5) is 33.9. The summed E-state index contributed by atoms with van der Waals surface area (Å²) < 4.78 is 25.8. The second-order valence-electron chi connectivity index (χ2n) is 9.94. The third-order valence-corrected chi connectivity index (χ3v) is 6.07. The van der Waals surface area contributed by atoms with Crippen molar-refractivity contribution in [1.29, 1.82) is 0 Å². The normalized spacial score (nSPS) is 14.9. The summed E-state index contributed by atoms with van der Waals surface area (Å²) in [7, 11) is 0. The zero-order chi connectivity index (χ0) is 25.4. The van der Waals surface area contributed by atoms with Gasteiger partial charge in [-0.15, -0.1) is 0 Å². The number of carbonyl (C=O) groups excluding carboxylic acids is 1. The Morgan fingerprint density at radius 1 is 1.22 bits per heavy atom. The van der Waals surface area contributed by atoms with Crippen LogP contribution in [0.5, 0.6) is 0 Å². The lowest BCUT2D eigenvalue weighted by atomic mass is 9.93. The summed E-state index contributed by atoms with van der Waals surface area (Å²) in [5, 5.41) is 8.51. The minimum absolute atomic E-state index is 0.0398. The predicted octanol–water partition coefficient (Wildman–Crippen LogP) is 3.92. The summed E-state index contributed by atoms with van der Waals surface area (Å²) in [6, 6.07) is 7.64. The first-order chi connectivity index (χ1) is 17.2. The molecule has 4 aromatic rings. The van der Waals surface area contributed by atoms with Gasteiger partial charge < -0.3 is 19.1 Å². The van der Waals surface area contributed by atoms with E-state index in [9.17, 15) is 14.0 Å². The molecule has 3 aromatic heterocycles. The average Bonchev–Trinajstić information content (AvgIpc) is 3.46. The lowest BCUT2D eigenvalue weighted by molar-refractivity contribution is 0.0203. The first-order valence-corrected chi connectivity index (χ1v) is 11.8. The van der Waals surface area contributed by atoms with Crippen molar-refractivity contribution in [3.8, 4) is 11.5 Å². The van der Waals surface area contributed by atoms with Crippen molar-refractivity contribution in [1.82, 2.24) is 29.6 Å². The van der Waals surface area contributed by atoms with Crippen LogP contribution in [0, 0.1) is 5.82 Å². The maximum absolute atomic E-state index is 13.2. The topological polar surface area (TPSA) is 119 Å². The predicted molar refractivity (Wildman–Crippen MR) is 128 cm³/mol. The summed E-state index contributed by atoms with van der Waals surface area (Å²) >= 11 is 0. The minimum Gasteiger partial charge on any atom is -0.444 e. The van der Waals surface area contributed by atoms with Gasteiger partial charge >= 0.3 is 6.09 Å². The maximum Gasteiger partial charge on any atom is 0.410 e. The Hall–Kier alpha value is -4.02. The molecule has 0 atom stereocenters. The standard InChI is InChI=1S/C25H27FN6O4/c1-25(2,3)35-24(34)31-10-8-16(9-11-31)19-13-21(33)29-22-18(14-27-32(19)22)23-28-20(30-36-23)12-15-4-6-17(26)7-5-15/h4-7,13-14,16H,8-12H2,1-3H3,(H,29,33). The quantitative estimate of drug-likeness (QED) is 0.457. The van der Waals surface area contributed by atoms with Gasteiger partial charge in [-0.05, 0) is 51.3 Å².